The molecular formula is C16H22N3O+. The van der Waals surface area contributed by atoms with Gasteiger partial charge in [0.25, 0.3) is 5.91 Å². The second kappa shape index (κ2) is 7.06. The smallest absolute Gasteiger partial charge is 0.279 e. The molecule has 2 rings (SSSR count). The molecule has 106 valence electrons. The van der Waals surface area contributed by atoms with E-state index in [-0.39, 0.29) is 5.91 Å². The second-order valence-corrected chi connectivity index (χ2v) is 5.56. The van der Waals surface area contributed by atoms with Gasteiger partial charge in [-0.3, -0.25) is 4.79 Å². The molecule has 1 amide bonds. The third kappa shape index (κ3) is 4.07. The van der Waals surface area contributed by atoms with E-state index in [1.165, 1.54) is 24.2 Å². The molecule has 1 saturated heterocycles. The summed E-state index contributed by atoms with van der Waals surface area (Å²) in [6, 6.07) is 10.2. The normalized spacial score (nSPS) is 22.0. The molecule has 0 bridgehead atoms. The maximum Gasteiger partial charge on any atom is 0.279 e. The van der Waals surface area contributed by atoms with Crippen LogP contribution in [0.2, 0.25) is 0 Å². The Hall–Kier alpha value is -1.86. The van der Waals surface area contributed by atoms with Gasteiger partial charge in [-0.2, -0.15) is 5.26 Å². The number of piperidine rings is 1. The number of amides is 1. The summed E-state index contributed by atoms with van der Waals surface area (Å²) < 4.78 is 0. The number of benzene rings is 1. The number of nitrogens with one attached hydrogen (secondary N) is 2. The Kier molecular flexibility index (Phi) is 5.14. The van der Waals surface area contributed by atoms with E-state index in [4.69, 9.17) is 5.26 Å². The van der Waals surface area contributed by atoms with Crippen molar-refractivity contribution >= 4 is 11.6 Å². The summed E-state index contributed by atoms with van der Waals surface area (Å²) in [5, 5.41) is 11.6. The fourth-order valence-corrected chi connectivity index (χ4v) is 2.72. The van der Waals surface area contributed by atoms with Crippen molar-refractivity contribution in [1.29, 1.82) is 5.26 Å². The van der Waals surface area contributed by atoms with Gasteiger partial charge in [-0.1, -0.05) is 12.1 Å². The SMILES string of the molecule is C[C@H]1CCCC[NH+]1CC(=O)Nc1ccc(CC#N)cc1. The predicted octanol–water partition coefficient (Wildman–Crippen LogP) is 1.15. The van der Waals surface area contributed by atoms with Crippen LogP contribution in [-0.4, -0.2) is 25.0 Å². The minimum Gasteiger partial charge on any atom is -0.325 e. The van der Waals surface area contributed by atoms with Crippen LogP contribution in [0.4, 0.5) is 5.69 Å². The van der Waals surface area contributed by atoms with Crippen LogP contribution < -0.4 is 10.2 Å². The molecule has 4 nitrogen and oxygen atoms in total. The summed E-state index contributed by atoms with van der Waals surface area (Å²) >= 11 is 0. The van der Waals surface area contributed by atoms with Gasteiger partial charge in [0, 0.05) is 5.69 Å². The predicted molar refractivity (Wildman–Crippen MR) is 78.4 cm³/mol. The largest absolute Gasteiger partial charge is 0.325 e. The van der Waals surface area contributed by atoms with Crippen molar-refractivity contribution in [3.63, 3.8) is 0 Å². The van der Waals surface area contributed by atoms with E-state index >= 15 is 0 Å². The highest BCUT2D eigenvalue weighted by molar-refractivity contribution is 5.91. The minimum atomic E-state index is 0.0711. The lowest BCUT2D eigenvalue weighted by molar-refractivity contribution is -0.920. The standard InChI is InChI=1S/C16H21N3O/c1-13-4-2-3-11-19(13)12-16(20)18-15-7-5-14(6-8-15)9-10-17/h5-8,13H,2-4,9,11-12H2,1H3,(H,18,20)/p+1/t13-/m0/s1. The molecule has 1 aromatic carbocycles. The van der Waals surface area contributed by atoms with E-state index in [0.717, 1.165) is 17.8 Å². The molecule has 0 aromatic heterocycles. The zero-order valence-corrected chi connectivity index (χ0v) is 12.0. The second-order valence-electron chi connectivity index (χ2n) is 5.56. The van der Waals surface area contributed by atoms with Crippen molar-refractivity contribution < 1.29 is 9.69 Å². The lowest BCUT2D eigenvalue weighted by Gasteiger charge is -2.29. The Bertz CT molecular complexity index is 489. The Morgan fingerprint density at radius 3 is 2.80 bits per heavy atom. The lowest BCUT2D eigenvalue weighted by atomic mass is 10.0. The van der Waals surface area contributed by atoms with E-state index in [0.29, 0.717) is 19.0 Å². The van der Waals surface area contributed by atoms with Crippen LogP contribution in [0.5, 0.6) is 0 Å². The molecular weight excluding hydrogens is 250 g/mol. The summed E-state index contributed by atoms with van der Waals surface area (Å²) in [5.41, 5.74) is 1.78. The third-order valence-corrected chi connectivity index (χ3v) is 3.99. The number of carbonyl (C=O) groups excluding carboxylic acids is 1. The number of nitrogens with zero attached hydrogens (tertiary/aromatic N) is 1. The molecule has 1 unspecified atom stereocenters. The highest BCUT2D eigenvalue weighted by Crippen LogP contribution is 2.09. The van der Waals surface area contributed by atoms with Gasteiger partial charge < -0.3 is 10.2 Å². The summed E-state index contributed by atoms with van der Waals surface area (Å²) in [4.78, 5) is 13.4. The molecule has 0 spiro atoms. The highest BCUT2D eigenvalue weighted by atomic mass is 16.2. The fraction of sp³-hybridized carbons (Fsp3) is 0.500. The van der Waals surface area contributed by atoms with E-state index in [9.17, 15) is 4.79 Å². The van der Waals surface area contributed by atoms with Gasteiger partial charge >= 0.3 is 0 Å². The number of hydrogen-bond donors (Lipinski definition) is 2. The Balaban J connectivity index is 1.86. The molecule has 1 aliphatic heterocycles. The molecule has 1 heterocycles. The highest BCUT2D eigenvalue weighted by Gasteiger charge is 2.24. The molecule has 0 aliphatic carbocycles. The molecule has 2 atom stereocenters. The average molecular weight is 272 g/mol. The van der Waals surface area contributed by atoms with Crippen LogP contribution in [0.3, 0.4) is 0 Å². The first-order chi connectivity index (χ1) is 9.69. The van der Waals surface area contributed by atoms with Crippen LogP contribution in [0, 0.1) is 11.3 Å². The summed E-state index contributed by atoms with van der Waals surface area (Å²) in [7, 11) is 0. The van der Waals surface area contributed by atoms with Crippen molar-refractivity contribution in [2.75, 3.05) is 18.4 Å². The van der Waals surface area contributed by atoms with Crippen LogP contribution in [-0.2, 0) is 11.2 Å². The number of likely N-dealkylation sites (tertiary alicyclic amines) is 1. The van der Waals surface area contributed by atoms with Crippen molar-refractivity contribution in [1.82, 2.24) is 0 Å². The first-order valence-corrected chi connectivity index (χ1v) is 7.29. The maximum absolute atomic E-state index is 12.1. The number of carbonyl (C=O) groups is 1. The molecule has 20 heavy (non-hydrogen) atoms. The molecule has 4 heteroatoms. The maximum atomic E-state index is 12.1. The zero-order valence-electron chi connectivity index (χ0n) is 12.0. The van der Waals surface area contributed by atoms with Crippen molar-refractivity contribution in [3.05, 3.63) is 29.8 Å². The van der Waals surface area contributed by atoms with Gasteiger partial charge in [-0.15, -0.1) is 0 Å². The first-order valence-electron chi connectivity index (χ1n) is 7.29. The van der Waals surface area contributed by atoms with Gasteiger partial charge in [0.2, 0.25) is 0 Å². The number of rotatable bonds is 4. The van der Waals surface area contributed by atoms with Crippen LogP contribution in [0.25, 0.3) is 0 Å². The van der Waals surface area contributed by atoms with Crippen LogP contribution in [0.1, 0.15) is 31.7 Å². The first kappa shape index (κ1) is 14.5. The van der Waals surface area contributed by atoms with E-state index in [1.807, 2.05) is 24.3 Å². The van der Waals surface area contributed by atoms with Crippen LogP contribution in [0.15, 0.2) is 24.3 Å². The van der Waals surface area contributed by atoms with E-state index in [2.05, 4.69) is 18.3 Å². The minimum absolute atomic E-state index is 0.0711. The van der Waals surface area contributed by atoms with Crippen molar-refractivity contribution in [2.24, 2.45) is 0 Å². The monoisotopic (exact) mass is 272 g/mol. The quantitative estimate of drug-likeness (QED) is 0.864. The van der Waals surface area contributed by atoms with Gasteiger partial charge in [-0.05, 0) is 43.9 Å². The lowest BCUT2D eigenvalue weighted by Crippen LogP contribution is -3.17. The van der Waals surface area contributed by atoms with Gasteiger partial charge in [0.1, 0.15) is 0 Å². The molecule has 0 radical (unpaired) electrons. The van der Waals surface area contributed by atoms with E-state index < -0.39 is 0 Å². The van der Waals surface area contributed by atoms with Crippen molar-refractivity contribution in [3.8, 4) is 6.07 Å². The fourth-order valence-electron chi connectivity index (χ4n) is 2.72. The summed E-state index contributed by atoms with van der Waals surface area (Å²) in [5.74, 6) is 0.0711. The zero-order chi connectivity index (χ0) is 14.4. The Morgan fingerprint density at radius 2 is 2.15 bits per heavy atom. The van der Waals surface area contributed by atoms with E-state index in [1.54, 1.807) is 0 Å². The topological polar surface area (TPSA) is 57.3 Å². The molecule has 1 aliphatic rings. The number of hydrogen-bond acceptors (Lipinski definition) is 2. The number of anilines is 1. The summed E-state index contributed by atoms with van der Waals surface area (Å²) in [6.07, 6.45) is 4.12. The summed E-state index contributed by atoms with van der Waals surface area (Å²) in [6.45, 7) is 3.86. The third-order valence-electron chi connectivity index (χ3n) is 3.99. The molecule has 1 fully saturated rings. The Morgan fingerprint density at radius 1 is 1.40 bits per heavy atom. The molecule has 1 aromatic rings. The van der Waals surface area contributed by atoms with Gasteiger partial charge in [0.15, 0.2) is 6.54 Å². The Labute approximate surface area is 120 Å². The number of quaternary nitrogens is 1. The average Bonchev–Trinajstić information content (AvgIpc) is 2.44. The van der Waals surface area contributed by atoms with Gasteiger partial charge in [0.05, 0.1) is 25.1 Å². The van der Waals surface area contributed by atoms with Crippen LogP contribution >= 0.6 is 0 Å². The number of nitriles is 1. The van der Waals surface area contributed by atoms with Crippen molar-refractivity contribution in [2.45, 2.75) is 38.6 Å². The molecule has 0 saturated carbocycles. The van der Waals surface area contributed by atoms with Gasteiger partial charge in [-0.25, -0.2) is 0 Å². The molecule has 2 N–H and O–H groups in total.